The minimum Gasteiger partial charge on any atom is -0.386 e. The number of phosphoric acid groups is 3. The maximum atomic E-state index is 12.6. The van der Waals surface area contributed by atoms with E-state index in [4.69, 9.17) is 10.5 Å². The van der Waals surface area contributed by atoms with Crippen molar-refractivity contribution >= 4 is 77.5 Å². The number of carbonyl (C=O) groups excluding carboxylic acids is 4. The molecule has 0 saturated carbocycles. The summed E-state index contributed by atoms with van der Waals surface area (Å²) in [5.41, 5.74) is 2.91. The van der Waals surface area contributed by atoms with E-state index in [0.29, 0.717) is 5.75 Å². The van der Waals surface area contributed by atoms with E-state index in [0.717, 1.165) is 17.2 Å². The number of aliphatic hydroxyl groups is 2. The van der Waals surface area contributed by atoms with Crippen LogP contribution in [0.4, 0.5) is 5.82 Å². The number of rotatable bonds is 20. The molecule has 0 bridgehead atoms. The minimum absolute atomic E-state index is 0.00998. The highest BCUT2D eigenvalue weighted by molar-refractivity contribution is 7.80. The smallest absolute Gasteiger partial charge is 0.386 e. The number of aldehydes is 2. The van der Waals surface area contributed by atoms with Crippen LogP contribution in [0.3, 0.4) is 0 Å². The molecule has 2 aromatic heterocycles. The number of nitrogens with one attached hydrogen (secondary N) is 2. The molecule has 2 aromatic rings. The van der Waals surface area contributed by atoms with E-state index in [2.05, 4.69) is 56.1 Å². The zero-order valence-electron chi connectivity index (χ0n) is 25.2. The van der Waals surface area contributed by atoms with Crippen molar-refractivity contribution in [3.05, 3.63) is 12.7 Å². The molecule has 1 saturated heterocycles. The normalized spacial score (nSPS) is 22.7. The van der Waals surface area contributed by atoms with E-state index >= 15 is 0 Å². The minimum atomic E-state index is -5.80. The third-order valence-electron chi connectivity index (χ3n) is 6.60. The van der Waals surface area contributed by atoms with Crippen molar-refractivity contribution in [3.8, 4) is 0 Å². The molecule has 0 aliphatic carbocycles. The Bertz CT molecular complexity index is 1690. The summed E-state index contributed by atoms with van der Waals surface area (Å²) in [6.45, 7) is -2.91. The number of phosphoric ester groups is 3. The summed E-state index contributed by atoms with van der Waals surface area (Å²) in [5.74, 6) is -1.61. The van der Waals surface area contributed by atoms with Gasteiger partial charge in [-0.3, -0.25) is 27.7 Å². The summed E-state index contributed by atoms with van der Waals surface area (Å²) < 4.78 is 61.0. The van der Waals surface area contributed by atoms with Crippen LogP contribution in [0, 0.1) is 5.41 Å². The number of imidazole rings is 1. The molecular formula is C21H32N7O18P3S. The quantitative estimate of drug-likeness (QED) is 0.0271. The summed E-state index contributed by atoms with van der Waals surface area (Å²) in [6.07, 6.45) is -8.61. The Kier molecular flexibility index (Phi) is 14.3. The molecule has 3 rings (SSSR count). The fourth-order valence-corrected chi connectivity index (χ4v) is 7.03. The molecule has 2 unspecified atom stereocenters. The first-order valence-corrected chi connectivity index (χ1v) is 18.9. The fourth-order valence-electron chi connectivity index (χ4n) is 4.19. The molecule has 10 N–H and O–H groups in total. The average molecular weight is 796 g/mol. The predicted octanol–water partition coefficient (Wildman–Crippen LogP) is -3.31. The van der Waals surface area contributed by atoms with Gasteiger partial charge in [0.25, 0.3) is 0 Å². The number of anilines is 1. The van der Waals surface area contributed by atoms with E-state index in [-0.39, 0.29) is 49.1 Å². The second-order valence-corrected chi connectivity index (χ2v) is 14.8. The number of aromatic nitrogens is 4. The van der Waals surface area contributed by atoms with E-state index < -0.39 is 84.6 Å². The zero-order chi connectivity index (χ0) is 37.5. The zero-order valence-corrected chi connectivity index (χ0v) is 28.8. The molecule has 1 aliphatic heterocycles. The number of carbonyl (C=O) groups is 4. The summed E-state index contributed by atoms with van der Waals surface area (Å²) in [6, 6.07) is 0. The van der Waals surface area contributed by atoms with Crippen molar-refractivity contribution in [1.82, 2.24) is 30.2 Å². The van der Waals surface area contributed by atoms with Gasteiger partial charge in [0.1, 0.15) is 48.1 Å². The third kappa shape index (κ3) is 10.9. The molecular weight excluding hydrogens is 763 g/mol. The number of nitrogen functional groups attached to an aromatic ring is 1. The van der Waals surface area contributed by atoms with Crippen LogP contribution in [0.15, 0.2) is 12.7 Å². The highest BCUT2D eigenvalue weighted by Crippen LogP contribution is 2.61. The molecule has 50 heavy (non-hydrogen) atoms. The average Bonchev–Trinajstić information content (AvgIpc) is 3.59. The molecule has 7 atom stereocenters. The highest BCUT2D eigenvalue weighted by atomic mass is 32.1. The van der Waals surface area contributed by atoms with E-state index in [9.17, 15) is 62.7 Å². The number of aliphatic hydroxyl groups excluding tert-OH is 2. The summed E-state index contributed by atoms with van der Waals surface area (Å²) in [7, 11) is -16.9. The third-order valence-corrected chi connectivity index (χ3v) is 9.92. The van der Waals surface area contributed by atoms with Gasteiger partial charge in [-0.15, -0.1) is 0 Å². The van der Waals surface area contributed by atoms with Crippen LogP contribution in [0.25, 0.3) is 11.2 Å². The lowest BCUT2D eigenvalue weighted by Gasteiger charge is -2.27. The number of fused-ring (bicyclic) bond motifs is 1. The first-order valence-electron chi connectivity index (χ1n) is 13.7. The number of ether oxygens (including phenoxy) is 1. The van der Waals surface area contributed by atoms with E-state index in [1.54, 1.807) is 0 Å². The van der Waals surface area contributed by atoms with Crippen LogP contribution in [0.2, 0.25) is 0 Å². The molecule has 1 aliphatic rings. The Hall–Kier alpha value is -2.77. The molecule has 280 valence electrons. The molecule has 0 aromatic carbocycles. The SMILES string of the molecule is Nc1ncnc2c1ncn2[C@@H]1O[C@H](COP(=O)(O)OP(=O)(O)OCC(C=O)(C=O)[C@@H](O)C(=O)NCCC(=O)NCCS)[C@@H](OP(=O)(O)O)[C@H]1O. The first-order chi connectivity index (χ1) is 23.3. The summed E-state index contributed by atoms with van der Waals surface area (Å²) >= 11 is 3.90. The molecule has 3 heterocycles. The van der Waals surface area contributed by atoms with Gasteiger partial charge in [0.15, 0.2) is 23.8 Å². The molecule has 29 heteroatoms. The largest absolute Gasteiger partial charge is 0.481 e. The van der Waals surface area contributed by atoms with E-state index in [1.165, 1.54) is 0 Å². The van der Waals surface area contributed by atoms with Gasteiger partial charge >= 0.3 is 23.5 Å². The van der Waals surface area contributed by atoms with Crippen molar-refractivity contribution in [2.75, 3.05) is 37.8 Å². The van der Waals surface area contributed by atoms with Crippen molar-refractivity contribution in [3.63, 3.8) is 0 Å². The Morgan fingerprint density at radius 2 is 1.74 bits per heavy atom. The van der Waals surface area contributed by atoms with Crippen LogP contribution in [-0.2, 0) is 55.5 Å². The van der Waals surface area contributed by atoms with Gasteiger partial charge in [0, 0.05) is 25.3 Å². The number of thiol groups is 1. The second kappa shape index (κ2) is 17.2. The van der Waals surface area contributed by atoms with E-state index in [1.807, 2.05) is 0 Å². The maximum Gasteiger partial charge on any atom is 0.481 e. The van der Waals surface area contributed by atoms with Crippen LogP contribution in [-0.4, -0.2) is 130 Å². The van der Waals surface area contributed by atoms with Crippen LogP contribution in [0.1, 0.15) is 12.6 Å². The van der Waals surface area contributed by atoms with Crippen LogP contribution in [0.5, 0.6) is 0 Å². The monoisotopic (exact) mass is 795 g/mol. The number of hydrogen-bond acceptors (Lipinski definition) is 19. The first kappa shape index (κ1) is 41.6. The van der Waals surface area contributed by atoms with Crippen LogP contribution < -0.4 is 16.4 Å². The van der Waals surface area contributed by atoms with Gasteiger partial charge in [-0.2, -0.15) is 16.9 Å². The number of amides is 2. The van der Waals surface area contributed by atoms with Crippen molar-refractivity contribution in [2.45, 2.75) is 37.1 Å². The molecule has 2 amide bonds. The molecule has 1 fully saturated rings. The predicted molar refractivity (Wildman–Crippen MR) is 164 cm³/mol. The van der Waals surface area contributed by atoms with Gasteiger partial charge in [0.2, 0.25) is 11.8 Å². The molecule has 0 spiro atoms. The number of nitrogens with two attached hydrogens (primary N) is 1. The lowest BCUT2D eigenvalue weighted by molar-refractivity contribution is -0.149. The van der Waals surface area contributed by atoms with Crippen LogP contribution >= 0.6 is 36.1 Å². The lowest BCUT2D eigenvalue weighted by atomic mass is 9.85. The van der Waals surface area contributed by atoms with Crippen molar-refractivity contribution < 1.29 is 85.3 Å². The van der Waals surface area contributed by atoms with Gasteiger partial charge in [-0.1, -0.05) is 0 Å². The number of hydrogen-bond donors (Lipinski definition) is 10. The second-order valence-electron chi connectivity index (χ2n) is 10.2. The summed E-state index contributed by atoms with van der Waals surface area (Å²) in [5, 5.41) is 25.7. The Balaban J connectivity index is 1.66. The van der Waals surface area contributed by atoms with Crippen molar-refractivity contribution in [1.29, 1.82) is 0 Å². The lowest BCUT2D eigenvalue weighted by Crippen LogP contribution is -2.51. The molecule has 0 radical (unpaired) electrons. The Morgan fingerprint density at radius 3 is 2.36 bits per heavy atom. The topological polar surface area (TPSA) is 381 Å². The maximum absolute atomic E-state index is 12.6. The number of nitrogens with zero attached hydrogens (tertiary/aromatic N) is 4. The molecule has 25 nitrogen and oxygen atoms in total. The Labute approximate surface area is 285 Å². The standard InChI is InChI=1S/C21H32N7O18P3S/c22-17-13-18(26-9-25-17)28(10-27-13)20-14(32)15(45-47(35,36)37)11(44-20)5-42-48(38,39)46-49(40,41)43-8-21(6-29,7-30)16(33)19(34)24-2-1-12(31)23-3-4-50/h6-7,9-11,14-16,20,32-33,50H,1-5,8H2,(H,23,31)(H,24,34)(H,38,39)(H,40,41)(H2,22,25,26)(H2,35,36,37)/t11-,14-,15-,16+,20-/m1/s1. The van der Waals surface area contributed by atoms with Crippen molar-refractivity contribution in [2.24, 2.45) is 5.41 Å². The fraction of sp³-hybridized carbons (Fsp3) is 0.571. The summed E-state index contributed by atoms with van der Waals surface area (Å²) in [4.78, 5) is 97.9. The van der Waals surface area contributed by atoms with Gasteiger partial charge in [0.05, 0.1) is 19.5 Å². The van der Waals surface area contributed by atoms with Gasteiger partial charge < -0.3 is 60.5 Å². The Morgan fingerprint density at radius 1 is 1.08 bits per heavy atom. The highest BCUT2D eigenvalue weighted by Gasteiger charge is 2.51. The van der Waals surface area contributed by atoms with Gasteiger partial charge in [-0.25, -0.2) is 28.6 Å². The van der Waals surface area contributed by atoms with Gasteiger partial charge in [-0.05, 0) is 0 Å².